The van der Waals surface area contributed by atoms with E-state index in [4.69, 9.17) is 9.84 Å². The van der Waals surface area contributed by atoms with Crippen LogP contribution >= 0.6 is 0 Å². The lowest BCUT2D eigenvalue weighted by Gasteiger charge is -2.32. The average molecular weight is 333 g/mol. The maximum Gasteiger partial charge on any atom is 0.422 e. The first kappa shape index (κ1) is 17.1. The molecular weight excluding hydrogens is 319 g/mol. The molecule has 0 aliphatic carbocycles. The summed E-state index contributed by atoms with van der Waals surface area (Å²) >= 11 is 0. The van der Waals surface area contributed by atoms with Gasteiger partial charge in [0, 0.05) is 12.1 Å². The number of carboxylic acids is 1. The van der Waals surface area contributed by atoms with Crippen molar-refractivity contribution in [2.24, 2.45) is 0 Å². The number of carbonyl (C=O) groups is 2. The molecule has 0 aromatic heterocycles. The Hall–Kier alpha value is -2.29. The van der Waals surface area contributed by atoms with Gasteiger partial charge < -0.3 is 19.5 Å². The van der Waals surface area contributed by atoms with Gasteiger partial charge in [0.15, 0.2) is 12.6 Å². The number of rotatable bonds is 4. The van der Waals surface area contributed by atoms with Crippen LogP contribution in [0.4, 0.5) is 13.2 Å². The molecule has 1 unspecified atom stereocenters. The van der Waals surface area contributed by atoms with E-state index in [0.29, 0.717) is 0 Å². The predicted octanol–water partition coefficient (Wildman–Crippen LogP) is 1.55. The third-order valence-corrected chi connectivity index (χ3v) is 3.18. The van der Waals surface area contributed by atoms with Crippen molar-refractivity contribution >= 4 is 11.9 Å². The lowest BCUT2D eigenvalue weighted by molar-refractivity contribution is -0.153. The van der Waals surface area contributed by atoms with E-state index in [1.165, 1.54) is 24.3 Å². The standard InChI is InChI=1S/C14H14F3NO5/c15-14(16,17)8-23-10-3-1-9(2-4-10)12(19)18-5-6-22-7-11(18)13(20)21/h1-4,11H,5-8H2,(H,20,21). The van der Waals surface area contributed by atoms with E-state index >= 15 is 0 Å². The fraction of sp³-hybridized carbons (Fsp3) is 0.429. The first-order chi connectivity index (χ1) is 10.8. The summed E-state index contributed by atoms with van der Waals surface area (Å²) in [6.45, 7) is -1.18. The van der Waals surface area contributed by atoms with Crippen LogP contribution in [0.2, 0.25) is 0 Å². The highest BCUT2D eigenvalue weighted by Crippen LogP contribution is 2.20. The summed E-state index contributed by atoms with van der Waals surface area (Å²) in [7, 11) is 0. The minimum Gasteiger partial charge on any atom is -0.484 e. The van der Waals surface area contributed by atoms with E-state index in [1.807, 2.05) is 0 Å². The summed E-state index contributed by atoms with van der Waals surface area (Å²) < 4.78 is 45.8. The van der Waals surface area contributed by atoms with Crippen LogP contribution in [0.5, 0.6) is 5.75 Å². The number of benzene rings is 1. The number of carbonyl (C=O) groups excluding carboxylic acids is 1. The number of hydrogen-bond donors (Lipinski definition) is 1. The highest BCUT2D eigenvalue weighted by Gasteiger charge is 2.33. The van der Waals surface area contributed by atoms with Crippen LogP contribution in [0.3, 0.4) is 0 Å². The zero-order chi connectivity index (χ0) is 17.0. The van der Waals surface area contributed by atoms with Gasteiger partial charge in [0.2, 0.25) is 0 Å². The van der Waals surface area contributed by atoms with Crippen LogP contribution in [0, 0.1) is 0 Å². The molecule has 0 spiro atoms. The number of alkyl halides is 3. The topological polar surface area (TPSA) is 76.1 Å². The second-order valence-electron chi connectivity index (χ2n) is 4.86. The highest BCUT2D eigenvalue weighted by molar-refractivity contribution is 5.96. The molecule has 23 heavy (non-hydrogen) atoms. The third-order valence-electron chi connectivity index (χ3n) is 3.18. The number of nitrogens with zero attached hydrogens (tertiary/aromatic N) is 1. The second-order valence-corrected chi connectivity index (χ2v) is 4.86. The van der Waals surface area contributed by atoms with Crippen LogP contribution in [-0.4, -0.2) is 60.5 Å². The van der Waals surface area contributed by atoms with Crippen LogP contribution in [0.1, 0.15) is 10.4 Å². The molecule has 1 heterocycles. The Morgan fingerprint density at radius 3 is 2.52 bits per heavy atom. The first-order valence-corrected chi connectivity index (χ1v) is 6.69. The number of amides is 1. The van der Waals surface area contributed by atoms with Crippen molar-refractivity contribution in [3.8, 4) is 5.75 Å². The van der Waals surface area contributed by atoms with Crippen molar-refractivity contribution in [3.05, 3.63) is 29.8 Å². The summed E-state index contributed by atoms with van der Waals surface area (Å²) in [5, 5.41) is 9.09. The molecule has 0 bridgehead atoms. The smallest absolute Gasteiger partial charge is 0.422 e. The van der Waals surface area contributed by atoms with Crippen molar-refractivity contribution in [3.63, 3.8) is 0 Å². The van der Waals surface area contributed by atoms with Crippen molar-refractivity contribution < 1.29 is 37.3 Å². The van der Waals surface area contributed by atoms with Gasteiger partial charge in [-0.1, -0.05) is 0 Å². The summed E-state index contributed by atoms with van der Waals surface area (Å²) in [6, 6.07) is 3.97. The quantitative estimate of drug-likeness (QED) is 0.905. The van der Waals surface area contributed by atoms with Gasteiger partial charge in [-0.2, -0.15) is 13.2 Å². The van der Waals surface area contributed by atoms with Crippen molar-refractivity contribution in [2.45, 2.75) is 12.2 Å². The van der Waals surface area contributed by atoms with E-state index in [0.717, 1.165) is 4.90 Å². The van der Waals surface area contributed by atoms with Crippen LogP contribution < -0.4 is 4.74 Å². The minimum atomic E-state index is -4.45. The molecule has 6 nitrogen and oxygen atoms in total. The van der Waals surface area contributed by atoms with Crippen molar-refractivity contribution in [2.75, 3.05) is 26.4 Å². The Morgan fingerprint density at radius 2 is 1.96 bits per heavy atom. The molecule has 1 aromatic rings. The van der Waals surface area contributed by atoms with Crippen molar-refractivity contribution in [1.29, 1.82) is 0 Å². The first-order valence-electron chi connectivity index (χ1n) is 6.69. The lowest BCUT2D eigenvalue weighted by Crippen LogP contribution is -2.52. The monoisotopic (exact) mass is 333 g/mol. The molecule has 9 heteroatoms. The van der Waals surface area contributed by atoms with Crippen LogP contribution in [0.15, 0.2) is 24.3 Å². The van der Waals surface area contributed by atoms with Crippen LogP contribution in [0.25, 0.3) is 0 Å². The lowest BCUT2D eigenvalue weighted by atomic mass is 10.1. The minimum absolute atomic E-state index is 0.0318. The van der Waals surface area contributed by atoms with Crippen molar-refractivity contribution in [1.82, 2.24) is 4.90 Å². The fourth-order valence-corrected chi connectivity index (χ4v) is 2.08. The number of halogens is 3. The van der Waals surface area contributed by atoms with Gasteiger partial charge in [-0.15, -0.1) is 0 Å². The Balaban J connectivity index is 2.06. The molecule has 1 fully saturated rings. The zero-order valence-electron chi connectivity index (χ0n) is 11.9. The van der Waals surface area contributed by atoms with Gasteiger partial charge in [-0.3, -0.25) is 4.79 Å². The number of hydrogen-bond acceptors (Lipinski definition) is 4. The second kappa shape index (κ2) is 6.86. The van der Waals surface area contributed by atoms with Gasteiger partial charge in [-0.05, 0) is 24.3 Å². The third kappa shape index (κ3) is 4.59. The normalized spacial score (nSPS) is 18.6. The van der Waals surface area contributed by atoms with Gasteiger partial charge in [-0.25, -0.2) is 4.79 Å². The molecule has 126 valence electrons. The molecule has 0 radical (unpaired) electrons. The SMILES string of the molecule is O=C(O)C1COCCN1C(=O)c1ccc(OCC(F)(F)F)cc1. The average Bonchev–Trinajstić information content (AvgIpc) is 2.52. The summed E-state index contributed by atoms with van der Waals surface area (Å²) in [5.41, 5.74) is 0.164. The van der Waals surface area contributed by atoms with E-state index in [9.17, 15) is 22.8 Å². The summed E-state index contributed by atoms with van der Waals surface area (Å²) in [6.07, 6.45) is -4.45. The fourth-order valence-electron chi connectivity index (χ4n) is 2.08. The van der Waals surface area contributed by atoms with Gasteiger partial charge in [0.1, 0.15) is 5.75 Å². The van der Waals surface area contributed by atoms with E-state index in [1.54, 1.807) is 0 Å². The molecule has 1 amide bonds. The number of aliphatic carboxylic acids is 1. The Morgan fingerprint density at radius 1 is 1.30 bits per heavy atom. The molecule has 0 saturated carbocycles. The number of morpholine rings is 1. The van der Waals surface area contributed by atoms with E-state index in [2.05, 4.69) is 4.74 Å². The number of carboxylic acid groups (broad SMARTS) is 1. The molecular formula is C14H14F3NO5. The molecule has 1 aliphatic heterocycles. The predicted molar refractivity (Wildman–Crippen MR) is 71.3 cm³/mol. The maximum atomic E-state index is 12.3. The van der Waals surface area contributed by atoms with E-state index < -0.39 is 30.7 Å². The van der Waals surface area contributed by atoms with Gasteiger partial charge in [0.25, 0.3) is 5.91 Å². The van der Waals surface area contributed by atoms with Crippen LogP contribution in [-0.2, 0) is 9.53 Å². The van der Waals surface area contributed by atoms with Gasteiger partial charge >= 0.3 is 12.1 Å². The molecule has 1 atom stereocenters. The molecule has 2 rings (SSSR count). The Bertz CT molecular complexity index is 573. The van der Waals surface area contributed by atoms with Gasteiger partial charge in [0.05, 0.1) is 13.2 Å². The summed E-state index contributed by atoms with van der Waals surface area (Å²) in [5.74, 6) is -1.73. The molecule has 1 N–H and O–H groups in total. The molecule has 1 aromatic carbocycles. The largest absolute Gasteiger partial charge is 0.484 e. The summed E-state index contributed by atoms with van der Waals surface area (Å²) in [4.78, 5) is 24.6. The van der Waals surface area contributed by atoms with E-state index in [-0.39, 0.29) is 31.1 Å². The highest BCUT2D eigenvalue weighted by atomic mass is 19.4. The molecule has 1 aliphatic rings. The Kier molecular flexibility index (Phi) is 5.09. The zero-order valence-corrected chi connectivity index (χ0v) is 11.9. The number of ether oxygens (including phenoxy) is 2. The molecule has 1 saturated heterocycles. The Labute approximate surface area is 129 Å². The maximum absolute atomic E-state index is 12.3.